The van der Waals surface area contributed by atoms with Crippen LogP contribution in [0, 0.1) is 11.8 Å². The molecule has 0 aromatic carbocycles. The van der Waals surface area contributed by atoms with E-state index in [2.05, 4.69) is 10.1 Å². The largest absolute Gasteiger partial charge is 0.297 e. The number of rotatable bonds is 4. The lowest BCUT2D eigenvalue weighted by molar-refractivity contribution is -0.123. The van der Waals surface area contributed by atoms with Crippen molar-refractivity contribution in [3.05, 3.63) is 12.7 Å². The molecule has 1 heterocycles. The molecule has 1 aromatic rings. The molecule has 13 heavy (non-hydrogen) atoms. The molecule has 1 atom stereocenters. The number of ketones is 1. The quantitative estimate of drug-likeness (QED) is 0.689. The molecule has 4 heteroatoms. The molecule has 0 aliphatic heterocycles. The SMILES string of the molecule is CC(C(=O)Cn1cncn1)C1CC1. The predicted molar refractivity (Wildman–Crippen MR) is 46.9 cm³/mol. The van der Waals surface area contributed by atoms with E-state index in [1.165, 1.54) is 19.2 Å². The molecule has 2 rings (SSSR count). The minimum absolute atomic E-state index is 0.198. The van der Waals surface area contributed by atoms with Gasteiger partial charge in [0.1, 0.15) is 19.2 Å². The maximum absolute atomic E-state index is 11.6. The lowest BCUT2D eigenvalue weighted by Gasteiger charge is -2.07. The summed E-state index contributed by atoms with van der Waals surface area (Å²) in [6.07, 6.45) is 5.46. The van der Waals surface area contributed by atoms with Crippen molar-refractivity contribution in [2.24, 2.45) is 11.8 Å². The molecule has 1 unspecified atom stereocenters. The lowest BCUT2D eigenvalue weighted by atomic mass is 10.0. The van der Waals surface area contributed by atoms with Gasteiger partial charge in [-0.15, -0.1) is 0 Å². The van der Waals surface area contributed by atoms with Gasteiger partial charge in [-0.25, -0.2) is 9.67 Å². The van der Waals surface area contributed by atoms with Gasteiger partial charge in [-0.3, -0.25) is 4.79 Å². The summed E-state index contributed by atoms with van der Waals surface area (Å²) in [5.41, 5.74) is 0. The second-order valence-corrected chi connectivity index (χ2v) is 3.69. The molecule has 0 spiro atoms. The molecule has 0 bridgehead atoms. The number of Topliss-reactive ketones (excluding diaryl/α,β-unsaturated/α-hetero) is 1. The van der Waals surface area contributed by atoms with Crippen LogP contribution < -0.4 is 0 Å². The third-order valence-electron chi connectivity index (χ3n) is 2.62. The predicted octanol–water partition coefficient (Wildman–Crippen LogP) is 0.893. The van der Waals surface area contributed by atoms with Crippen LogP contribution in [-0.2, 0) is 11.3 Å². The smallest absolute Gasteiger partial charge is 0.157 e. The summed E-state index contributed by atoms with van der Waals surface area (Å²) >= 11 is 0. The third kappa shape index (κ3) is 1.94. The zero-order valence-electron chi connectivity index (χ0n) is 7.68. The maximum Gasteiger partial charge on any atom is 0.157 e. The average Bonchev–Trinajstić information content (AvgIpc) is 2.85. The van der Waals surface area contributed by atoms with E-state index in [0.717, 1.165) is 0 Å². The van der Waals surface area contributed by atoms with Crippen LogP contribution in [0.5, 0.6) is 0 Å². The van der Waals surface area contributed by atoms with Crippen molar-refractivity contribution in [2.45, 2.75) is 26.3 Å². The van der Waals surface area contributed by atoms with Crippen LogP contribution in [0.2, 0.25) is 0 Å². The van der Waals surface area contributed by atoms with Crippen molar-refractivity contribution in [1.82, 2.24) is 14.8 Å². The highest BCUT2D eigenvalue weighted by Crippen LogP contribution is 2.37. The van der Waals surface area contributed by atoms with Crippen LogP contribution in [-0.4, -0.2) is 20.5 Å². The normalized spacial score (nSPS) is 18.5. The lowest BCUT2D eigenvalue weighted by Crippen LogP contribution is -2.19. The standard InChI is InChI=1S/C9H13N3O/c1-7(8-2-3-8)9(13)4-12-6-10-5-11-12/h5-8H,2-4H2,1H3. The van der Waals surface area contributed by atoms with Crippen LogP contribution in [0.3, 0.4) is 0 Å². The van der Waals surface area contributed by atoms with Gasteiger partial charge in [0, 0.05) is 5.92 Å². The highest BCUT2D eigenvalue weighted by Gasteiger charge is 2.32. The minimum Gasteiger partial charge on any atom is -0.297 e. The Hall–Kier alpha value is -1.19. The molecule has 0 radical (unpaired) electrons. The fraction of sp³-hybridized carbons (Fsp3) is 0.667. The van der Waals surface area contributed by atoms with Gasteiger partial charge < -0.3 is 0 Å². The van der Waals surface area contributed by atoms with Gasteiger partial charge in [0.05, 0.1) is 0 Å². The molecule has 0 saturated heterocycles. The Balaban J connectivity index is 1.90. The van der Waals surface area contributed by atoms with Gasteiger partial charge in [-0.1, -0.05) is 6.92 Å². The van der Waals surface area contributed by atoms with Crippen molar-refractivity contribution >= 4 is 5.78 Å². The summed E-state index contributed by atoms with van der Waals surface area (Å²) in [7, 11) is 0. The number of carbonyl (C=O) groups is 1. The van der Waals surface area contributed by atoms with E-state index in [4.69, 9.17) is 0 Å². The zero-order valence-corrected chi connectivity index (χ0v) is 7.68. The molecular weight excluding hydrogens is 166 g/mol. The molecule has 1 fully saturated rings. The monoisotopic (exact) mass is 179 g/mol. The Kier molecular flexibility index (Phi) is 2.12. The zero-order chi connectivity index (χ0) is 9.26. The van der Waals surface area contributed by atoms with Gasteiger partial charge in [0.2, 0.25) is 0 Å². The Morgan fingerprint density at radius 3 is 3.00 bits per heavy atom. The second kappa shape index (κ2) is 3.28. The Morgan fingerprint density at radius 2 is 2.46 bits per heavy atom. The number of hydrogen-bond acceptors (Lipinski definition) is 3. The van der Waals surface area contributed by atoms with E-state index in [1.807, 2.05) is 6.92 Å². The average molecular weight is 179 g/mol. The molecular formula is C9H13N3O. The molecule has 0 amide bonds. The van der Waals surface area contributed by atoms with E-state index in [0.29, 0.717) is 12.5 Å². The van der Waals surface area contributed by atoms with Gasteiger partial charge >= 0.3 is 0 Å². The van der Waals surface area contributed by atoms with Crippen LogP contribution in [0.15, 0.2) is 12.7 Å². The minimum atomic E-state index is 0.198. The van der Waals surface area contributed by atoms with Gasteiger partial charge in [0.25, 0.3) is 0 Å². The molecule has 0 N–H and O–H groups in total. The van der Waals surface area contributed by atoms with Crippen LogP contribution in [0.25, 0.3) is 0 Å². The van der Waals surface area contributed by atoms with E-state index in [9.17, 15) is 4.79 Å². The summed E-state index contributed by atoms with van der Waals surface area (Å²) in [5.74, 6) is 1.10. The third-order valence-corrected chi connectivity index (χ3v) is 2.62. The molecule has 70 valence electrons. The molecule has 4 nitrogen and oxygen atoms in total. The van der Waals surface area contributed by atoms with E-state index in [1.54, 1.807) is 11.0 Å². The van der Waals surface area contributed by atoms with Crippen molar-refractivity contribution < 1.29 is 4.79 Å². The fourth-order valence-electron chi connectivity index (χ4n) is 1.48. The van der Waals surface area contributed by atoms with Gasteiger partial charge in [0.15, 0.2) is 5.78 Å². The van der Waals surface area contributed by atoms with Crippen molar-refractivity contribution in [1.29, 1.82) is 0 Å². The van der Waals surface area contributed by atoms with Gasteiger partial charge in [-0.2, -0.15) is 5.10 Å². The van der Waals surface area contributed by atoms with Crippen LogP contribution in [0.1, 0.15) is 19.8 Å². The highest BCUT2D eigenvalue weighted by molar-refractivity contribution is 5.80. The molecule has 1 aliphatic rings. The van der Waals surface area contributed by atoms with Crippen molar-refractivity contribution in [2.75, 3.05) is 0 Å². The van der Waals surface area contributed by atoms with Crippen LogP contribution in [0.4, 0.5) is 0 Å². The summed E-state index contributed by atoms with van der Waals surface area (Å²) in [6, 6.07) is 0. The number of aromatic nitrogens is 3. The first-order valence-corrected chi connectivity index (χ1v) is 4.62. The van der Waals surface area contributed by atoms with Crippen molar-refractivity contribution in [3.63, 3.8) is 0 Å². The summed E-state index contributed by atoms with van der Waals surface area (Å²) in [5, 5.41) is 3.90. The van der Waals surface area contributed by atoms with Crippen molar-refractivity contribution in [3.8, 4) is 0 Å². The van der Waals surface area contributed by atoms with E-state index in [-0.39, 0.29) is 11.7 Å². The fourth-order valence-corrected chi connectivity index (χ4v) is 1.48. The van der Waals surface area contributed by atoms with Crippen LogP contribution >= 0.6 is 0 Å². The molecule has 1 aromatic heterocycles. The summed E-state index contributed by atoms with van der Waals surface area (Å²) in [6.45, 7) is 2.38. The number of nitrogens with zero attached hydrogens (tertiary/aromatic N) is 3. The Bertz CT molecular complexity index is 290. The topological polar surface area (TPSA) is 47.8 Å². The Labute approximate surface area is 77.0 Å². The highest BCUT2D eigenvalue weighted by atomic mass is 16.1. The van der Waals surface area contributed by atoms with E-state index >= 15 is 0 Å². The number of carbonyl (C=O) groups excluding carboxylic acids is 1. The first kappa shape index (κ1) is 8.41. The first-order chi connectivity index (χ1) is 6.27. The van der Waals surface area contributed by atoms with E-state index < -0.39 is 0 Å². The molecule has 1 saturated carbocycles. The first-order valence-electron chi connectivity index (χ1n) is 4.62. The second-order valence-electron chi connectivity index (χ2n) is 3.69. The van der Waals surface area contributed by atoms with Gasteiger partial charge in [-0.05, 0) is 18.8 Å². The summed E-state index contributed by atoms with van der Waals surface area (Å²) < 4.78 is 1.58. The summed E-state index contributed by atoms with van der Waals surface area (Å²) in [4.78, 5) is 15.4. The maximum atomic E-state index is 11.6. The molecule has 1 aliphatic carbocycles. The number of hydrogen-bond donors (Lipinski definition) is 0. The Morgan fingerprint density at radius 1 is 1.69 bits per heavy atom.